The van der Waals surface area contributed by atoms with Crippen LogP contribution in [0.2, 0.25) is 0 Å². The van der Waals surface area contributed by atoms with Crippen molar-refractivity contribution in [2.24, 2.45) is 5.92 Å². The number of aryl methyl sites for hydroxylation is 1. The topological polar surface area (TPSA) is 46.9 Å². The van der Waals surface area contributed by atoms with Gasteiger partial charge in [0.05, 0.1) is 5.56 Å². The maximum atomic E-state index is 13.5. The molecule has 3 rings (SSSR count). The summed E-state index contributed by atoms with van der Waals surface area (Å²) in [5, 5.41) is 2.72. The van der Waals surface area contributed by atoms with E-state index in [0.29, 0.717) is 18.5 Å². The van der Waals surface area contributed by atoms with Crippen LogP contribution >= 0.6 is 0 Å². The van der Waals surface area contributed by atoms with Crippen LogP contribution in [0.1, 0.15) is 22.6 Å². The number of imidazole rings is 1. The fourth-order valence-corrected chi connectivity index (χ4v) is 2.61. The van der Waals surface area contributed by atoms with Gasteiger partial charge in [-0.25, -0.2) is 13.8 Å². The van der Waals surface area contributed by atoms with Crippen LogP contribution in [0, 0.1) is 17.6 Å². The van der Waals surface area contributed by atoms with E-state index in [1.165, 1.54) is 0 Å². The average molecular weight is 291 g/mol. The molecule has 0 radical (unpaired) electrons. The number of hydrogen-bond donors (Lipinski definition) is 1. The van der Waals surface area contributed by atoms with Crippen molar-refractivity contribution in [3.8, 4) is 0 Å². The first-order valence-corrected chi connectivity index (χ1v) is 6.87. The number of nitrogens with zero attached hydrogens (tertiary/aromatic N) is 2. The van der Waals surface area contributed by atoms with Crippen LogP contribution in [0.4, 0.5) is 8.78 Å². The average Bonchev–Trinajstić information content (AvgIpc) is 2.92. The molecule has 0 spiro atoms. The Hall–Kier alpha value is -2.24. The second-order valence-corrected chi connectivity index (χ2v) is 5.23. The molecule has 1 aliphatic heterocycles. The van der Waals surface area contributed by atoms with Crippen LogP contribution in [0.25, 0.3) is 0 Å². The first-order valence-electron chi connectivity index (χ1n) is 6.87. The Labute approximate surface area is 120 Å². The molecule has 0 aliphatic carbocycles. The minimum Gasteiger partial charge on any atom is -0.352 e. The van der Waals surface area contributed by atoms with Gasteiger partial charge in [-0.1, -0.05) is 0 Å². The first-order chi connectivity index (χ1) is 10.1. The minimum atomic E-state index is -0.840. The third kappa shape index (κ3) is 2.94. The first kappa shape index (κ1) is 13.7. The lowest BCUT2D eigenvalue weighted by Crippen LogP contribution is -2.34. The lowest BCUT2D eigenvalue weighted by Gasteiger charge is -2.24. The molecule has 1 amide bonds. The van der Waals surface area contributed by atoms with E-state index in [2.05, 4.69) is 14.9 Å². The molecule has 110 valence electrons. The normalized spacial score (nSPS) is 17.3. The van der Waals surface area contributed by atoms with Gasteiger partial charge in [0, 0.05) is 38.0 Å². The third-order valence-electron chi connectivity index (χ3n) is 3.76. The Morgan fingerprint density at radius 2 is 2.29 bits per heavy atom. The van der Waals surface area contributed by atoms with Crippen LogP contribution in [0.3, 0.4) is 0 Å². The van der Waals surface area contributed by atoms with Crippen LogP contribution < -0.4 is 5.32 Å². The van der Waals surface area contributed by atoms with Gasteiger partial charge >= 0.3 is 0 Å². The number of halogens is 2. The van der Waals surface area contributed by atoms with Crippen molar-refractivity contribution in [1.29, 1.82) is 0 Å². The molecule has 0 bridgehead atoms. The second-order valence-electron chi connectivity index (χ2n) is 5.23. The number of hydrogen-bond acceptors (Lipinski definition) is 2. The predicted octanol–water partition coefficient (Wildman–Crippen LogP) is 2.15. The van der Waals surface area contributed by atoms with Gasteiger partial charge in [0.15, 0.2) is 0 Å². The molecule has 1 aliphatic rings. The summed E-state index contributed by atoms with van der Waals surface area (Å²) >= 11 is 0. The van der Waals surface area contributed by atoms with Crippen molar-refractivity contribution in [2.75, 3.05) is 6.54 Å². The molecule has 4 nitrogen and oxygen atoms in total. The number of benzene rings is 1. The van der Waals surface area contributed by atoms with Crippen LogP contribution in [0.15, 0.2) is 30.6 Å². The molecule has 0 fully saturated rings. The van der Waals surface area contributed by atoms with Crippen molar-refractivity contribution >= 4 is 5.91 Å². The van der Waals surface area contributed by atoms with Gasteiger partial charge in [-0.15, -0.1) is 0 Å². The highest BCUT2D eigenvalue weighted by Crippen LogP contribution is 2.18. The van der Waals surface area contributed by atoms with Gasteiger partial charge in [-0.2, -0.15) is 0 Å². The number of amides is 1. The van der Waals surface area contributed by atoms with E-state index >= 15 is 0 Å². The van der Waals surface area contributed by atoms with E-state index < -0.39 is 17.5 Å². The van der Waals surface area contributed by atoms with Gasteiger partial charge in [0.2, 0.25) is 0 Å². The SMILES string of the molecule is O=C(NCC1CCc2nccn2C1)c1ccc(F)cc1F. The number of fused-ring (bicyclic) bond motifs is 1. The van der Waals surface area contributed by atoms with Gasteiger partial charge in [-0.05, 0) is 24.5 Å². The molecule has 2 heterocycles. The van der Waals surface area contributed by atoms with E-state index in [9.17, 15) is 13.6 Å². The molecule has 1 aromatic heterocycles. The fraction of sp³-hybridized carbons (Fsp3) is 0.333. The Kier molecular flexibility index (Phi) is 3.68. The highest BCUT2D eigenvalue weighted by molar-refractivity contribution is 5.94. The largest absolute Gasteiger partial charge is 0.352 e. The van der Waals surface area contributed by atoms with Gasteiger partial charge < -0.3 is 9.88 Å². The van der Waals surface area contributed by atoms with Crippen molar-refractivity contribution in [2.45, 2.75) is 19.4 Å². The highest BCUT2D eigenvalue weighted by atomic mass is 19.1. The number of aromatic nitrogens is 2. The molecule has 21 heavy (non-hydrogen) atoms. The molecular weight excluding hydrogens is 276 g/mol. The van der Waals surface area contributed by atoms with Gasteiger partial charge in [0.25, 0.3) is 5.91 Å². The van der Waals surface area contributed by atoms with E-state index in [4.69, 9.17) is 0 Å². The Morgan fingerprint density at radius 3 is 3.10 bits per heavy atom. The lowest BCUT2D eigenvalue weighted by molar-refractivity contribution is 0.0939. The fourth-order valence-electron chi connectivity index (χ4n) is 2.61. The van der Waals surface area contributed by atoms with Crippen molar-refractivity contribution in [1.82, 2.24) is 14.9 Å². The summed E-state index contributed by atoms with van der Waals surface area (Å²) in [7, 11) is 0. The predicted molar refractivity (Wildman–Crippen MR) is 72.7 cm³/mol. The zero-order chi connectivity index (χ0) is 14.8. The van der Waals surface area contributed by atoms with Crippen LogP contribution in [0.5, 0.6) is 0 Å². The van der Waals surface area contributed by atoms with Crippen LogP contribution in [-0.2, 0) is 13.0 Å². The van der Waals surface area contributed by atoms with Gasteiger partial charge in [-0.3, -0.25) is 4.79 Å². The van der Waals surface area contributed by atoms with Crippen molar-refractivity contribution in [3.63, 3.8) is 0 Å². The van der Waals surface area contributed by atoms with Crippen molar-refractivity contribution in [3.05, 3.63) is 53.6 Å². The molecule has 1 atom stereocenters. The Morgan fingerprint density at radius 1 is 1.43 bits per heavy atom. The minimum absolute atomic E-state index is 0.129. The highest BCUT2D eigenvalue weighted by Gasteiger charge is 2.20. The molecule has 1 N–H and O–H groups in total. The lowest BCUT2D eigenvalue weighted by atomic mass is 9.99. The number of nitrogens with one attached hydrogen (secondary N) is 1. The number of carbonyl (C=O) groups excluding carboxylic acids is 1. The van der Waals surface area contributed by atoms with E-state index in [0.717, 1.165) is 37.3 Å². The molecule has 6 heteroatoms. The summed E-state index contributed by atoms with van der Waals surface area (Å²) in [6, 6.07) is 2.96. The quantitative estimate of drug-likeness (QED) is 0.942. The molecule has 0 saturated heterocycles. The Bertz CT molecular complexity index is 669. The monoisotopic (exact) mass is 291 g/mol. The maximum Gasteiger partial charge on any atom is 0.254 e. The smallest absolute Gasteiger partial charge is 0.254 e. The molecule has 1 aromatic carbocycles. The summed E-state index contributed by atoms with van der Waals surface area (Å²) < 4.78 is 28.4. The number of carbonyl (C=O) groups is 1. The summed E-state index contributed by atoms with van der Waals surface area (Å²) in [6.07, 6.45) is 5.49. The molecule has 0 saturated carbocycles. The summed E-state index contributed by atoms with van der Waals surface area (Å²) in [5.41, 5.74) is -0.129. The second kappa shape index (κ2) is 5.63. The molecule has 2 aromatic rings. The van der Waals surface area contributed by atoms with Crippen LogP contribution in [-0.4, -0.2) is 22.0 Å². The number of rotatable bonds is 3. The zero-order valence-electron chi connectivity index (χ0n) is 11.4. The van der Waals surface area contributed by atoms with Gasteiger partial charge in [0.1, 0.15) is 17.5 Å². The summed E-state index contributed by atoms with van der Waals surface area (Å²) in [4.78, 5) is 16.2. The Balaban J connectivity index is 1.59. The maximum absolute atomic E-state index is 13.5. The zero-order valence-corrected chi connectivity index (χ0v) is 11.4. The molecule has 1 unspecified atom stereocenters. The standard InChI is InChI=1S/C15H15F2N3O/c16-11-2-3-12(13(17)7-11)15(21)19-8-10-1-4-14-18-5-6-20(14)9-10/h2-3,5-7,10H,1,4,8-9H2,(H,19,21). The van der Waals surface area contributed by atoms with E-state index in [1.807, 2.05) is 6.20 Å². The van der Waals surface area contributed by atoms with Crippen molar-refractivity contribution < 1.29 is 13.6 Å². The summed E-state index contributed by atoms with van der Waals surface area (Å²) in [5.74, 6) is -0.692. The third-order valence-corrected chi connectivity index (χ3v) is 3.76. The molecular formula is C15H15F2N3O. The van der Waals surface area contributed by atoms with E-state index in [-0.39, 0.29) is 5.56 Å². The summed E-state index contributed by atoms with van der Waals surface area (Å²) in [6.45, 7) is 1.26. The van der Waals surface area contributed by atoms with E-state index in [1.54, 1.807) is 6.20 Å².